The largest absolute Gasteiger partial charge is 0.358 e. The molecule has 3 aromatic carbocycles. The SMILES string of the molecule is O=S(=O)(Oc1cc(-c2ccccc2)nn1-c1ccc(F)cc1)c1ccccc1. The third-order valence-electron chi connectivity index (χ3n) is 4.04. The van der Waals surface area contributed by atoms with Gasteiger partial charge in [-0.15, -0.1) is 0 Å². The second-order valence-electron chi connectivity index (χ2n) is 5.97. The zero-order chi connectivity index (χ0) is 19.6. The Morgan fingerprint density at radius 2 is 1.43 bits per heavy atom. The van der Waals surface area contributed by atoms with Crippen molar-refractivity contribution in [3.63, 3.8) is 0 Å². The molecule has 0 aliphatic rings. The fourth-order valence-corrected chi connectivity index (χ4v) is 3.62. The van der Waals surface area contributed by atoms with Crippen molar-refractivity contribution < 1.29 is 17.0 Å². The van der Waals surface area contributed by atoms with Crippen LogP contribution < -0.4 is 4.18 Å². The van der Waals surface area contributed by atoms with Crippen LogP contribution in [0.5, 0.6) is 5.88 Å². The minimum absolute atomic E-state index is 0.00862. The summed E-state index contributed by atoms with van der Waals surface area (Å²) in [4.78, 5) is 0.0307. The van der Waals surface area contributed by atoms with Crippen LogP contribution in [0.15, 0.2) is 95.9 Å². The number of hydrogen-bond donors (Lipinski definition) is 0. The first kappa shape index (κ1) is 17.9. The van der Waals surface area contributed by atoms with Gasteiger partial charge in [0.25, 0.3) is 0 Å². The van der Waals surface area contributed by atoms with Crippen LogP contribution >= 0.6 is 0 Å². The van der Waals surface area contributed by atoms with Gasteiger partial charge in [-0.25, -0.2) is 4.39 Å². The van der Waals surface area contributed by atoms with Gasteiger partial charge < -0.3 is 4.18 Å². The highest BCUT2D eigenvalue weighted by Gasteiger charge is 2.21. The maximum atomic E-state index is 13.3. The van der Waals surface area contributed by atoms with Crippen molar-refractivity contribution in [3.8, 4) is 22.8 Å². The van der Waals surface area contributed by atoms with Crippen LogP contribution in [0.25, 0.3) is 16.9 Å². The Balaban J connectivity index is 1.81. The maximum absolute atomic E-state index is 13.3. The zero-order valence-corrected chi connectivity index (χ0v) is 15.4. The normalized spacial score (nSPS) is 11.3. The maximum Gasteiger partial charge on any atom is 0.340 e. The second kappa shape index (κ2) is 7.28. The van der Waals surface area contributed by atoms with E-state index in [-0.39, 0.29) is 10.8 Å². The molecule has 0 aliphatic heterocycles. The lowest BCUT2D eigenvalue weighted by Gasteiger charge is -2.09. The molecule has 0 unspecified atom stereocenters. The van der Waals surface area contributed by atoms with E-state index in [2.05, 4.69) is 5.10 Å². The van der Waals surface area contributed by atoms with Crippen molar-refractivity contribution in [1.29, 1.82) is 0 Å². The summed E-state index contributed by atoms with van der Waals surface area (Å²) in [5.74, 6) is -0.395. The molecule has 0 radical (unpaired) electrons. The molecule has 0 spiro atoms. The molecule has 0 saturated carbocycles. The number of halogens is 1. The molecular formula is C21H15FN2O3S. The summed E-state index contributed by atoms with van der Waals surface area (Å²) in [5.41, 5.74) is 1.80. The zero-order valence-electron chi connectivity index (χ0n) is 14.6. The summed E-state index contributed by atoms with van der Waals surface area (Å²) in [6.45, 7) is 0. The lowest BCUT2D eigenvalue weighted by Crippen LogP contribution is -2.12. The van der Waals surface area contributed by atoms with Gasteiger partial charge in [0.1, 0.15) is 10.7 Å². The van der Waals surface area contributed by atoms with Crippen LogP contribution in [-0.4, -0.2) is 18.2 Å². The molecular weight excluding hydrogens is 379 g/mol. The second-order valence-corrected chi connectivity index (χ2v) is 7.52. The molecule has 4 aromatic rings. The van der Waals surface area contributed by atoms with E-state index in [1.807, 2.05) is 30.3 Å². The molecule has 7 heteroatoms. The Morgan fingerprint density at radius 1 is 0.821 bits per heavy atom. The van der Waals surface area contributed by atoms with Gasteiger partial charge in [0.2, 0.25) is 5.88 Å². The van der Waals surface area contributed by atoms with E-state index in [4.69, 9.17) is 4.18 Å². The number of benzene rings is 3. The van der Waals surface area contributed by atoms with Gasteiger partial charge in [0, 0.05) is 11.6 Å². The van der Waals surface area contributed by atoms with Crippen molar-refractivity contribution in [1.82, 2.24) is 9.78 Å². The number of rotatable bonds is 5. The molecule has 0 bridgehead atoms. The van der Waals surface area contributed by atoms with Crippen LogP contribution in [0.3, 0.4) is 0 Å². The Morgan fingerprint density at radius 3 is 2.07 bits per heavy atom. The molecule has 1 heterocycles. The summed E-state index contributed by atoms with van der Waals surface area (Å²) in [6.07, 6.45) is 0. The Hall–Kier alpha value is -3.45. The predicted octanol–water partition coefficient (Wildman–Crippen LogP) is 4.45. The van der Waals surface area contributed by atoms with Crippen LogP contribution in [0.1, 0.15) is 0 Å². The number of hydrogen-bond acceptors (Lipinski definition) is 4. The Bertz CT molecular complexity index is 1190. The van der Waals surface area contributed by atoms with Crippen LogP contribution in [-0.2, 0) is 10.1 Å². The van der Waals surface area contributed by atoms with Gasteiger partial charge >= 0.3 is 10.1 Å². The van der Waals surface area contributed by atoms with Crippen molar-refractivity contribution >= 4 is 10.1 Å². The highest BCUT2D eigenvalue weighted by atomic mass is 32.2. The van der Waals surface area contributed by atoms with Crippen LogP contribution in [0.4, 0.5) is 4.39 Å². The van der Waals surface area contributed by atoms with E-state index in [1.54, 1.807) is 24.3 Å². The highest BCUT2D eigenvalue weighted by molar-refractivity contribution is 7.87. The molecule has 0 N–H and O–H groups in total. The molecule has 0 amide bonds. The smallest absolute Gasteiger partial charge is 0.340 e. The summed E-state index contributed by atoms with van der Waals surface area (Å²) >= 11 is 0. The van der Waals surface area contributed by atoms with E-state index in [0.29, 0.717) is 11.4 Å². The predicted molar refractivity (Wildman–Crippen MR) is 103 cm³/mol. The number of aromatic nitrogens is 2. The average Bonchev–Trinajstić information content (AvgIpc) is 3.13. The quantitative estimate of drug-likeness (QED) is 0.469. The van der Waals surface area contributed by atoms with E-state index in [0.717, 1.165) is 5.56 Å². The van der Waals surface area contributed by atoms with Gasteiger partial charge in [-0.2, -0.15) is 18.2 Å². The molecule has 4 rings (SSSR count). The minimum atomic E-state index is -4.06. The first-order chi connectivity index (χ1) is 13.5. The standard InChI is InChI=1S/C21H15FN2O3S/c22-17-11-13-18(14-12-17)24-21(15-20(23-24)16-7-3-1-4-8-16)27-28(25,26)19-9-5-2-6-10-19/h1-15H. The van der Waals surface area contributed by atoms with Crippen LogP contribution in [0, 0.1) is 5.82 Å². The Labute approximate surface area is 161 Å². The number of nitrogens with zero attached hydrogens (tertiary/aromatic N) is 2. The van der Waals surface area contributed by atoms with E-state index in [1.165, 1.54) is 41.1 Å². The molecule has 1 aromatic heterocycles. The molecule has 0 fully saturated rings. The fraction of sp³-hybridized carbons (Fsp3) is 0. The van der Waals surface area contributed by atoms with Crippen molar-refractivity contribution in [3.05, 3.63) is 96.8 Å². The molecule has 0 atom stereocenters. The molecule has 5 nitrogen and oxygen atoms in total. The van der Waals surface area contributed by atoms with E-state index in [9.17, 15) is 12.8 Å². The van der Waals surface area contributed by atoms with Gasteiger partial charge in [-0.05, 0) is 36.4 Å². The summed E-state index contributed by atoms with van der Waals surface area (Å²) in [5, 5.41) is 4.46. The topological polar surface area (TPSA) is 61.2 Å². The lowest BCUT2D eigenvalue weighted by atomic mass is 10.2. The van der Waals surface area contributed by atoms with Crippen molar-refractivity contribution in [2.75, 3.05) is 0 Å². The monoisotopic (exact) mass is 394 g/mol. The van der Waals surface area contributed by atoms with Crippen LogP contribution in [0.2, 0.25) is 0 Å². The van der Waals surface area contributed by atoms with E-state index >= 15 is 0 Å². The van der Waals surface area contributed by atoms with Gasteiger partial charge in [0.15, 0.2) is 0 Å². The molecule has 0 aliphatic carbocycles. The fourth-order valence-electron chi connectivity index (χ4n) is 2.69. The van der Waals surface area contributed by atoms with Gasteiger partial charge in [0.05, 0.1) is 11.4 Å². The first-order valence-corrected chi connectivity index (χ1v) is 9.85. The molecule has 0 saturated heterocycles. The highest BCUT2D eigenvalue weighted by Crippen LogP contribution is 2.28. The Kier molecular flexibility index (Phi) is 4.67. The third kappa shape index (κ3) is 3.65. The summed E-state index contributed by atoms with van der Waals surface area (Å²) in [6, 6.07) is 24.2. The first-order valence-electron chi connectivity index (χ1n) is 8.44. The van der Waals surface area contributed by atoms with Gasteiger partial charge in [-0.3, -0.25) is 0 Å². The average molecular weight is 394 g/mol. The lowest BCUT2D eigenvalue weighted by molar-refractivity contribution is 0.465. The molecule has 28 heavy (non-hydrogen) atoms. The minimum Gasteiger partial charge on any atom is -0.358 e. The molecule has 140 valence electrons. The van der Waals surface area contributed by atoms with E-state index < -0.39 is 15.9 Å². The van der Waals surface area contributed by atoms with Gasteiger partial charge in [-0.1, -0.05) is 48.5 Å². The van der Waals surface area contributed by atoms with Crippen molar-refractivity contribution in [2.45, 2.75) is 4.90 Å². The van der Waals surface area contributed by atoms with Crippen molar-refractivity contribution in [2.24, 2.45) is 0 Å². The summed E-state index contributed by atoms with van der Waals surface area (Å²) < 4.78 is 45.4. The third-order valence-corrected chi connectivity index (χ3v) is 5.28. The summed E-state index contributed by atoms with van der Waals surface area (Å²) in [7, 11) is -4.06.